The zero-order valence-electron chi connectivity index (χ0n) is 13.8. The van der Waals surface area contributed by atoms with Gasteiger partial charge in [-0.1, -0.05) is 23.7 Å². The molecule has 2 rings (SSSR count). The Morgan fingerprint density at radius 1 is 1.08 bits per heavy atom. The van der Waals surface area contributed by atoms with Gasteiger partial charge in [-0.05, 0) is 55.8 Å². The number of hydrogen-bond acceptors (Lipinski definition) is 4. The minimum atomic E-state index is -3.72. The molecule has 0 fully saturated rings. The van der Waals surface area contributed by atoms with Crippen LogP contribution in [0.15, 0.2) is 58.3 Å². The first-order chi connectivity index (χ1) is 11.7. The lowest BCUT2D eigenvalue weighted by molar-refractivity contribution is -0.120. The van der Waals surface area contributed by atoms with E-state index in [0.717, 1.165) is 10.5 Å². The van der Waals surface area contributed by atoms with Crippen LogP contribution in [-0.4, -0.2) is 19.6 Å². The first-order valence-electron chi connectivity index (χ1n) is 7.52. The summed E-state index contributed by atoms with van der Waals surface area (Å²) < 4.78 is 22.5. The average Bonchev–Trinajstić information content (AvgIpc) is 2.56. The summed E-state index contributed by atoms with van der Waals surface area (Å²) in [4.78, 5) is 13.3. The molecule has 0 heterocycles. The van der Waals surface area contributed by atoms with Crippen molar-refractivity contribution in [2.24, 2.45) is 5.14 Å². The van der Waals surface area contributed by atoms with E-state index in [1.807, 2.05) is 26.0 Å². The number of halogens is 1. The third kappa shape index (κ3) is 5.74. The van der Waals surface area contributed by atoms with Crippen LogP contribution in [0.1, 0.15) is 25.5 Å². The standard InChI is InChI=1S/C17H19ClN2O3S2/c1-11(13-3-9-16(10-4-13)25(19,22)23)20-17(21)12(2)24-15-7-5-14(18)6-8-15/h3-12H,1-2H3,(H,20,21)(H2,19,22,23)/t11-,12-/m1/s1. The molecular weight excluding hydrogens is 380 g/mol. The Balaban J connectivity index is 1.97. The van der Waals surface area contributed by atoms with Crippen molar-refractivity contribution in [3.8, 4) is 0 Å². The molecule has 134 valence electrons. The van der Waals surface area contributed by atoms with Gasteiger partial charge in [-0.15, -0.1) is 11.8 Å². The summed E-state index contributed by atoms with van der Waals surface area (Å²) in [6.45, 7) is 3.66. The van der Waals surface area contributed by atoms with Crippen LogP contribution in [0.4, 0.5) is 0 Å². The minimum absolute atomic E-state index is 0.0430. The third-order valence-corrected chi connectivity index (χ3v) is 5.86. The molecule has 0 unspecified atom stereocenters. The van der Waals surface area contributed by atoms with Gasteiger partial charge in [0.1, 0.15) is 0 Å². The summed E-state index contributed by atoms with van der Waals surface area (Å²) >= 11 is 7.29. The Kier molecular flexibility index (Phi) is 6.51. The predicted molar refractivity (Wildman–Crippen MR) is 101 cm³/mol. The van der Waals surface area contributed by atoms with Gasteiger partial charge < -0.3 is 5.32 Å². The number of rotatable bonds is 6. The highest BCUT2D eigenvalue weighted by molar-refractivity contribution is 8.00. The van der Waals surface area contributed by atoms with Crippen molar-refractivity contribution in [2.75, 3.05) is 0 Å². The van der Waals surface area contributed by atoms with E-state index in [4.69, 9.17) is 16.7 Å². The van der Waals surface area contributed by atoms with Gasteiger partial charge >= 0.3 is 0 Å². The van der Waals surface area contributed by atoms with Gasteiger partial charge in [0.25, 0.3) is 0 Å². The van der Waals surface area contributed by atoms with Crippen molar-refractivity contribution < 1.29 is 13.2 Å². The normalized spacial score (nSPS) is 13.9. The van der Waals surface area contributed by atoms with Crippen LogP contribution in [0.5, 0.6) is 0 Å². The summed E-state index contributed by atoms with van der Waals surface area (Å²) in [5.74, 6) is -0.108. The van der Waals surface area contributed by atoms with Gasteiger partial charge in [-0.2, -0.15) is 0 Å². The van der Waals surface area contributed by atoms with Crippen LogP contribution < -0.4 is 10.5 Å². The second-order valence-corrected chi connectivity index (χ2v) is 8.97. The van der Waals surface area contributed by atoms with E-state index in [0.29, 0.717) is 5.02 Å². The SMILES string of the molecule is C[C@@H](Sc1ccc(Cl)cc1)C(=O)N[C@H](C)c1ccc(S(N)(=O)=O)cc1. The van der Waals surface area contributed by atoms with Crippen molar-refractivity contribution in [1.82, 2.24) is 5.32 Å². The summed E-state index contributed by atoms with van der Waals surface area (Å²) in [7, 11) is -3.72. The number of benzene rings is 2. The zero-order chi connectivity index (χ0) is 18.6. The second kappa shape index (κ2) is 8.23. The number of hydrogen-bond donors (Lipinski definition) is 2. The van der Waals surface area contributed by atoms with Crippen molar-refractivity contribution in [3.05, 3.63) is 59.1 Å². The third-order valence-electron chi connectivity index (χ3n) is 3.56. The molecule has 0 spiro atoms. The highest BCUT2D eigenvalue weighted by atomic mass is 35.5. The topological polar surface area (TPSA) is 89.3 Å². The number of nitrogens with two attached hydrogens (primary N) is 1. The van der Waals surface area contributed by atoms with E-state index < -0.39 is 10.0 Å². The quantitative estimate of drug-likeness (QED) is 0.730. The molecule has 3 N–H and O–H groups in total. The molecule has 1 amide bonds. The number of amides is 1. The fourth-order valence-corrected chi connectivity index (χ4v) is 3.65. The van der Waals surface area contributed by atoms with E-state index in [-0.39, 0.29) is 22.1 Å². The van der Waals surface area contributed by atoms with Gasteiger partial charge in [0, 0.05) is 9.92 Å². The van der Waals surface area contributed by atoms with E-state index in [1.54, 1.807) is 24.3 Å². The molecule has 8 heteroatoms. The fourth-order valence-electron chi connectivity index (χ4n) is 2.13. The molecule has 5 nitrogen and oxygen atoms in total. The monoisotopic (exact) mass is 398 g/mol. The number of sulfonamides is 1. The second-order valence-electron chi connectivity index (χ2n) is 5.56. The van der Waals surface area contributed by atoms with E-state index in [1.165, 1.54) is 23.9 Å². The van der Waals surface area contributed by atoms with Crippen LogP contribution in [0, 0.1) is 0 Å². The maximum absolute atomic E-state index is 12.4. The highest BCUT2D eigenvalue weighted by Crippen LogP contribution is 2.25. The molecule has 2 aromatic carbocycles. The van der Waals surface area contributed by atoms with Crippen molar-refractivity contribution >= 4 is 39.3 Å². The highest BCUT2D eigenvalue weighted by Gasteiger charge is 2.18. The lowest BCUT2D eigenvalue weighted by Gasteiger charge is -2.18. The molecule has 25 heavy (non-hydrogen) atoms. The molecule has 0 bridgehead atoms. The van der Waals surface area contributed by atoms with Gasteiger partial charge in [0.05, 0.1) is 16.2 Å². The Morgan fingerprint density at radius 3 is 2.16 bits per heavy atom. The van der Waals surface area contributed by atoms with E-state index >= 15 is 0 Å². The number of nitrogens with one attached hydrogen (secondary N) is 1. The molecule has 0 saturated carbocycles. The first-order valence-corrected chi connectivity index (χ1v) is 10.3. The van der Waals surface area contributed by atoms with Gasteiger partial charge in [0.15, 0.2) is 0 Å². The molecular formula is C17H19ClN2O3S2. The predicted octanol–water partition coefficient (Wildman–Crippen LogP) is 3.35. The average molecular weight is 399 g/mol. The number of carbonyl (C=O) groups excluding carboxylic acids is 1. The number of thioether (sulfide) groups is 1. The smallest absolute Gasteiger partial charge is 0.238 e. The van der Waals surface area contributed by atoms with Crippen LogP contribution in [0.25, 0.3) is 0 Å². The number of primary sulfonamides is 1. The van der Waals surface area contributed by atoms with Crippen molar-refractivity contribution in [1.29, 1.82) is 0 Å². The minimum Gasteiger partial charge on any atom is -0.349 e. The molecule has 2 aromatic rings. The maximum atomic E-state index is 12.4. The molecule has 0 radical (unpaired) electrons. The summed E-state index contributed by atoms with van der Waals surface area (Å²) in [5.41, 5.74) is 0.796. The van der Waals surface area contributed by atoms with Crippen LogP contribution in [0.2, 0.25) is 5.02 Å². The van der Waals surface area contributed by atoms with Crippen molar-refractivity contribution in [3.63, 3.8) is 0 Å². The van der Waals surface area contributed by atoms with Gasteiger partial charge in [-0.25, -0.2) is 13.6 Å². The Morgan fingerprint density at radius 2 is 1.64 bits per heavy atom. The zero-order valence-corrected chi connectivity index (χ0v) is 16.2. The van der Waals surface area contributed by atoms with Gasteiger partial charge in [-0.3, -0.25) is 4.79 Å². The molecule has 0 aromatic heterocycles. The largest absolute Gasteiger partial charge is 0.349 e. The lowest BCUT2D eigenvalue weighted by Crippen LogP contribution is -2.33. The van der Waals surface area contributed by atoms with Gasteiger partial charge in [0.2, 0.25) is 15.9 Å². The summed E-state index contributed by atoms with van der Waals surface area (Å²) in [5, 5.41) is 8.36. The summed E-state index contributed by atoms with van der Waals surface area (Å²) in [6.07, 6.45) is 0. The Labute approximate surface area is 157 Å². The lowest BCUT2D eigenvalue weighted by atomic mass is 10.1. The number of carbonyl (C=O) groups is 1. The van der Waals surface area contributed by atoms with Crippen LogP contribution in [0.3, 0.4) is 0 Å². The van der Waals surface area contributed by atoms with E-state index in [2.05, 4.69) is 5.32 Å². The molecule has 0 aliphatic rings. The molecule has 0 aliphatic heterocycles. The summed E-state index contributed by atoms with van der Waals surface area (Å²) in [6, 6.07) is 13.2. The van der Waals surface area contributed by atoms with Crippen molar-refractivity contribution in [2.45, 2.75) is 34.9 Å². The Bertz CT molecular complexity index is 837. The maximum Gasteiger partial charge on any atom is 0.238 e. The van der Waals surface area contributed by atoms with Crippen LogP contribution in [-0.2, 0) is 14.8 Å². The fraction of sp³-hybridized carbons (Fsp3) is 0.235. The molecule has 0 saturated heterocycles. The molecule has 0 aliphatic carbocycles. The first kappa shape index (κ1) is 19.8. The Hall–Kier alpha value is -1.54. The van der Waals surface area contributed by atoms with E-state index in [9.17, 15) is 13.2 Å². The molecule has 2 atom stereocenters. The van der Waals surface area contributed by atoms with Crippen LogP contribution >= 0.6 is 23.4 Å².